The lowest BCUT2D eigenvalue weighted by molar-refractivity contribution is 0.479. The Morgan fingerprint density at radius 2 is 1.67 bits per heavy atom. The molecule has 2 aromatic carbocycles. The predicted molar refractivity (Wildman–Crippen MR) is 65.4 cm³/mol. The summed E-state index contributed by atoms with van der Waals surface area (Å²) in [6.07, 6.45) is 0. The van der Waals surface area contributed by atoms with E-state index in [4.69, 9.17) is 4.74 Å². The highest BCUT2D eigenvalue weighted by molar-refractivity contribution is 9.10. The van der Waals surface area contributed by atoms with Gasteiger partial charge in [0.05, 0.1) is 4.47 Å². The van der Waals surface area contributed by atoms with E-state index in [0.717, 1.165) is 16.0 Å². The number of ether oxygens (including phenoxy) is 1. The second kappa shape index (κ2) is 4.49. The zero-order valence-electron chi connectivity index (χ0n) is 8.41. The van der Waals surface area contributed by atoms with E-state index in [1.54, 1.807) is 0 Å². The molecule has 0 atom stereocenters. The van der Waals surface area contributed by atoms with E-state index >= 15 is 0 Å². The fourth-order valence-corrected chi connectivity index (χ4v) is 1.66. The van der Waals surface area contributed by atoms with E-state index in [1.807, 2.05) is 55.5 Å². The molecule has 0 saturated heterocycles. The first-order valence-corrected chi connectivity index (χ1v) is 5.54. The lowest BCUT2D eigenvalue weighted by atomic mass is 10.2. The summed E-state index contributed by atoms with van der Waals surface area (Å²) in [4.78, 5) is 0. The maximum Gasteiger partial charge on any atom is 0.141 e. The summed E-state index contributed by atoms with van der Waals surface area (Å²) in [5.41, 5.74) is 1.17. The van der Waals surface area contributed by atoms with Crippen LogP contribution in [0, 0.1) is 6.92 Å². The molecule has 0 fully saturated rings. The molecule has 2 heteroatoms. The van der Waals surface area contributed by atoms with E-state index in [1.165, 1.54) is 5.56 Å². The number of halogens is 1. The molecule has 0 N–H and O–H groups in total. The number of aryl methyl sites for hydroxylation is 1. The molecular formula is C13H11BrO. The molecule has 0 aliphatic rings. The van der Waals surface area contributed by atoms with Gasteiger partial charge in [0.2, 0.25) is 0 Å². The third kappa shape index (κ3) is 2.39. The highest BCUT2D eigenvalue weighted by Crippen LogP contribution is 2.31. The Morgan fingerprint density at radius 3 is 2.40 bits per heavy atom. The van der Waals surface area contributed by atoms with Gasteiger partial charge in [-0.2, -0.15) is 0 Å². The summed E-state index contributed by atoms with van der Waals surface area (Å²) in [6, 6.07) is 15.7. The summed E-state index contributed by atoms with van der Waals surface area (Å²) in [5.74, 6) is 1.70. The molecule has 0 saturated carbocycles. The van der Waals surface area contributed by atoms with Crippen LogP contribution in [0.1, 0.15) is 5.56 Å². The van der Waals surface area contributed by atoms with Gasteiger partial charge in [-0.05, 0) is 46.6 Å². The fourth-order valence-electron chi connectivity index (χ4n) is 1.31. The third-order valence-corrected chi connectivity index (χ3v) is 3.14. The van der Waals surface area contributed by atoms with E-state index in [0.29, 0.717) is 0 Å². The van der Waals surface area contributed by atoms with Crippen LogP contribution < -0.4 is 4.74 Å². The first-order valence-electron chi connectivity index (χ1n) is 4.75. The van der Waals surface area contributed by atoms with E-state index in [2.05, 4.69) is 15.9 Å². The normalized spacial score (nSPS) is 10.0. The maximum atomic E-state index is 5.74. The highest BCUT2D eigenvalue weighted by Gasteiger charge is 2.03. The van der Waals surface area contributed by atoms with Gasteiger partial charge in [-0.1, -0.05) is 30.3 Å². The van der Waals surface area contributed by atoms with Crippen molar-refractivity contribution in [2.45, 2.75) is 6.92 Å². The molecule has 0 heterocycles. The molecule has 0 spiro atoms. The summed E-state index contributed by atoms with van der Waals surface area (Å²) in [5, 5.41) is 0. The standard InChI is InChI=1S/C13H11BrO/c1-10-6-5-9-12(13(10)14)15-11-7-3-2-4-8-11/h2-9H,1H3. The minimum atomic E-state index is 0.848. The second-order valence-corrected chi connectivity index (χ2v) is 4.10. The van der Waals surface area contributed by atoms with Gasteiger partial charge in [-0.15, -0.1) is 0 Å². The zero-order chi connectivity index (χ0) is 10.7. The summed E-state index contributed by atoms with van der Waals surface area (Å²) in [7, 11) is 0. The molecule has 0 radical (unpaired) electrons. The van der Waals surface area contributed by atoms with Crippen LogP contribution in [0.15, 0.2) is 53.0 Å². The fraction of sp³-hybridized carbons (Fsp3) is 0.0769. The first kappa shape index (κ1) is 10.2. The molecule has 0 aliphatic carbocycles. The van der Waals surface area contributed by atoms with Crippen molar-refractivity contribution >= 4 is 15.9 Å². The van der Waals surface area contributed by atoms with Gasteiger partial charge in [-0.3, -0.25) is 0 Å². The van der Waals surface area contributed by atoms with Crippen LogP contribution in [-0.2, 0) is 0 Å². The van der Waals surface area contributed by atoms with Gasteiger partial charge < -0.3 is 4.74 Å². The van der Waals surface area contributed by atoms with Crippen LogP contribution in [0.5, 0.6) is 11.5 Å². The van der Waals surface area contributed by atoms with Crippen molar-refractivity contribution in [3.05, 3.63) is 58.6 Å². The van der Waals surface area contributed by atoms with Gasteiger partial charge in [0.1, 0.15) is 11.5 Å². The van der Waals surface area contributed by atoms with Crippen LogP contribution in [0.4, 0.5) is 0 Å². The van der Waals surface area contributed by atoms with Crippen molar-refractivity contribution in [1.29, 1.82) is 0 Å². The summed E-state index contributed by atoms with van der Waals surface area (Å²) in [6.45, 7) is 2.04. The molecule has 15 heavy (non-hydrogen) atoms. The van der Waals surface area contributed by atoms with Crippen molar-refractivity contribution in [1.82, 2.24) is 0 Å². The van der Waals surface area contributed by atoms with Crippen molar-refractivity contribution in [3.8, 4) is 11.5 Å². The van der Waals surface area contributed by atoms with E-state index in [-0.39, 0.29) is 0 Å². The van der Waals surface area contributed by atoms with E-state index in [9.17, 15) is 0 Å². The van der Waals surface area contributed by atoms with Gasteiger partial charge >= 0.3 is 0 Å². The highest BCUT2D eigenvalue weighted by atomic mass is 79.9. The Hall–Kier alpha value is -1.28. The molecule has 2 aromatic rings. The number of hydrogen-bond acceptors (Lipinski definition) is 1. The minimum Gasteiger partial charge on any atom is -0.456 e. The molecule has 0 amide bonds. The predicted octanol–water partition coefficient (Wildman–Crippen LogP) is 4.55. The Kier molecular flexibility index (Phi) is 3.07. The third-order valence-electron chi connectivity index (χ3n) is 2.13. The molecule has 0 bridgehead atoms. The Bertz CT molecular complexity index is 451. The molecular weight excluding hydrogens is 252 g/mol. The number of benzene rings is 2. The molecule has 2 rings (SSSR count). The Morgan fingerprint density at radius 1 is 0.933 bits per heavy atom. The van der Waals surface area contributed by atoms with Crippen LogP contribution >= 0.6 is 15.9 Å². The average Bonchev–Trinajstić information content (AvgIpc) is 2.26. The average molecular weight is 263 g/mol. The number of rotatable bonds is 2. The van der Waals surface area contributed by atoms with Crippen molar-refractivity contribution in [3.63, 3.8) is 0 Å². The zero-order valence-corrected chi connectivity index (χ0v) is 9.99. The monoisotopic (exact) mass is 262 g/mol. The SMILES string of the molecule is Cc1cccc(Oc2ccccc2)c1Br. The Labute approximate surface area is 97.8 Å². The van der Waals surface area contributed by atoms with Crippen molar-refractivity contribution in [2.24, 2.45) is 0 Å². The van der Waals surface area contributed by atoms with Gasteiger partial charge in [0.15, 0.2) is 0 Å². The second-order valence-electron chi connectivity index (χ2n) is 3.30. The molecule has 76 valence electrons. The Balaban J connectivity index is 2.29. The summed E-state index contributed by atoms with van der Waals surface area (Å²) < 4.78 is 6.75. The van der Waals surface area contributed by atoms with Crippen LogP contribution in [-0.4, -0.2) is 0 Å². The van der Waals surface area contributed by atoms with E-state index < -0.39 is 0 Å². The van der Waals surface area contributed by atoms with Gasteiger partial charge in [0, 0.05) is 0 Å². The molecule has 0 aromatic heterocycles. The first-order chi connectivity index (χ1) is 7.27. The maximum absolute atomic E-state index is 5.74. The molecule has 0 aliphatic heterocycles. The smallest absolute Gasteiger partial charge is 0.141 e. The van der Waals surface area contributed by atoms with Crippen LogP contribution in [0.3, 0.4) is 0 Å². The number of para-hydroxylation sites is 1. The van der Waals surface area contributed by atoms with Crippen LogP contribution in [0.25, 0.3) is 0 Å². The lowest BCUT2D eigenvalue weighted by Crippen LogP contribution is -1.86. The lowest BCUT2D eigenvalue weighted by Gasteiger charge is -2.08. The minimum absolute atomic E-state index is 0.848. The van der Waals surface area contributed by atoms with Crippen LogP contribution in [0.2, 0.25) is 0 Å². The van der Waals surface area contributed by atoms with Crippen molar-refractivity contribution < 1.29 is 4.74 Å². The summed E-state index contributed by atoms with van der Waals surface area (Å²) >= 11 is 3.51. The largest absolute Gasteiger partial charge is 0.456 e. The quantitative estimate of drug-likeness (QED) is 0.772. The van der Waals surface area contributed by atoms with Gasteiger partial charge in [-0.25, -0.2) is 0 Å². The molecule has 1 nitrogen and oxygen atoms in total. The topological polar surface area (TPSA) is 9.23 Å². The van der Waals surface area contributed by atoms with Crippen molar-refractivity contribution in [2.75, 3.05) is 0 Å². The molecule has 0 unspecified atom stereocenters. The van der Waals surface area contributed by atoms with Gasteiger partial charge in [0.25, 0.3) is 0 Å². The number of hydrogen-bond donors (Lipinski definition) is 0.